The lowest BCUT2D eigenvalue weighted by molar-refractivity contribution is 1.62. The van der Waals surface area contributed by atoms with E-state index in [4.69, 9.17) is 11.5 Å². The molecular formula is C18H18N2. The Kier molecular flexibility index (Phi) is 4.79. The van der Waals surface area contributed by atoms with Crippen LogP contribution >= 0.6 is 0 Å². The fourth-order valence-electron chi connectivity index (χ4n) is 1.76. The van der Waals surface area contributed by atoms with Crippen molar-refractivity contribution in [3.63, 3.8) is 0 Å². The second-order valence-electron chi connectivity index (χ2n) is 4.40. The number of hydrogen-bond acceptors (Lipinski definition) is 2. The van der Waals surface area contributed by atoms with Crippen molar-refractivity contribution in [3.8, 4) is 11.1 Å². The Labute approximate surface area is 119 Å². The van der Waals surface area contributed by atoms with Gasteiger partial charge < -0.3 is 11.5 Å². The van der Waals surface area contributed by atoms with Crippen LogP contribution in [0.3, 0.4) is 0 Å². The lowest BCUT2D eigenvalue weighted by Crippen LogP contribution is -1.86. The number of rotatable bonds is 1. The third-order valence-electron chi connectivity index (χ3n) is 2.82. The Morgan fingerprint density at radius 1 is 0.400 bits per heavy atom. The molecule has 0 aliphatic rings. The average Bonchev–Trinajstić information content (AvgIpc) is 2.53. The van der Waals surface area contributed by atoms with Gasteiger partial charge in [-0.05, 0) is 35.4 Å². The van der Waals surface area contributed by atoms with Crippen molar-refractivity contribution in [2.24, 2.45) is 0 Å². The van der Waals surface area contributed by atoms with Gasteiger partial charge >= 0.3 is 0 Å². The molecule has 2 heteroatoms. The molecule has 0 radical (unpaired) electrons. The monoisotopic (exact) mass is 262 g/mol. The van der Waals surface area contributed by atoms with Gasteiger partial charge in [-0.2, -0.15) is 0 Å². The minimum atomic E-state index is 0.749. The van der Waals surface area contributed by atoms with E-state index in [1.165, 1.54) is 11.1 Å². The molecule has 0 unspecified atom stereocenters. The SMILES string of the molecule is Nc1ccc(N)cc1.c1ccc(-c2ccccc2)cc1. The van der Waals surface area contributed by atoms with Gasteiger partial charge in [-0.3, -0.25) is 0 Å². The van der Waals surface area contributed by atoms with Crippen LogP contribution in [0, 0.1) is 0 Å². The number of nitrogen functional groups attached to an aromatic ring is 2. The normalized spacial score (nSPS) is 9.40. The van der Waals surface area contributed by atoms with Crippen LogP contribution in [-0.4, -0.2) is 0 Å². The largest absolute Gasteiger partial charge is 0.399 e. The first-order valence-electron chi connectivity index (χ1n) is 6.47. The van der Waals surface area contributed by atoms with Crippen LogP contribution < -0.4 is 11.5 Å². The van der Waals surface area contributed by atoms with Crippen LogP contribution in [0.4, 0.5) is 11.4 Å². The third kappa shape index (κ3) is 4.18. The van der Waals surface area contributed by atoms with Crippen molar-refractivity contribution in [2.45, 2.75) is 0 Å². The zero-order valence-corrected chi connectivity index (χ0v) is 11.2. The third-order valence-corrected chi connectivity index (χ3v) is 2.82. The first-order valence-corrected chi connectivity index (χ1v) is 6.47. The van der Waals surface area contributed by atoms with E-state index in [2.05, 4.69) is 48.5 Å². The Bertz CT molecular complexity index is 558. The van der Waals surface area contributed by atoms with E-state index in [0.717, 1.165) is 11.4 Å². The molecule has 20 heavy (non-hydrogen) atoms. The minimum absolute atomic E-state index is 0.749. The molecule has 0 aromatic heterocycles. The highest BCUT2D eigenvalue weighted by molar-refractivity contribution is 5.62. The van der Waals surface area contributed by atoms with Crippen molar-refractivity contribution in [1.82, 2.24) is 0 Å². The molecule has 0 aliphatic heterocycles. The van der Waals surface area contributed by atoms with E-state index in [9.17, 15) is 0 Å². The second-order valence-corrected chi connectivity index (χ2v) is 4.40. The lowest BCUT2D eigenvalue weighted by Gasteiger charge is -1.98. The van der Waals surface area contributed by atoms with Gasteiger partial charge in [0.25, 0.3) is 0 Å². The van der Waals surface area contributed by atoms with Gasteiger partial charge in [-0.1, -0.05) is 60.7 Å². The highest BCUT2D eigenvalue weighted by atomic mass is 14.6. The summed E-state index contributed by atoms with van der Waals surface area (Å²) in [6.45, 7) is 0. The van der Waals surface area contributed by atoms with Gasteiger partial charge in [-0.15, -0.1) is 0 Å². The molecule has 0 fully saturated rings. The zero-order chi connectivity index (χ0) is 14.2. The molecule has 3 rings (SSSR count). The molecule has 0 bridgehead atoms. The molecule has 0 spiro atoms. The van der Waals surface area contributed by atoms with Crippen molar-refractivity contribution in [1.29, 1.82) is 0 Å². The summed E-state index contributed by atoms with van der Waals surface area (Å²) in [5.41, 5.74) is 14.8. The standard InChI is InChI=1S/C12H10.C6H8N2/c1-3-7-11(8-4-1)12-9-5-2-6-10-12;7-5-1-2-6(8)4-3-5/h1-10H;1-4H,7-8H2. The Hall–Kier alpha value is -2.74. The highest BCUT2D eigenvalue weighted by Gasteiger charge is 1.91. The average molecular weight is 262 g/mol. The number of anilines is 2. The Morgan fingerprint density at radius 2 is 0.700 bits per heavy atom. The summed E-state index contributed by atoms with van der Waals surface area (Å²) in [6.07, 6.45) is 0. The molecule has 0 atom stereocenters. The summed E-state index contributed by atoms with van der Waals surface area (Å²) in [7, 11) is 0. The molecule has 0 heterocycles. The summed E-state index contributed by atoms with van der Waals surface area (Å²) in [4.78, 5) is 0. The topological polar surface area (TPSA) is 52.0 Å². The van der Waals surface area contributed by atoms with Gasteiger partial charge in [0.1, 0.15) is 0 Å². The number of benzene rings is 3. The van der Waals surface area contributed by atoms with Gasteiger partial charge in [-0.25, -0.2) is 0 Å². The van der Waals surface area contributed by atoms with Crippen LogP contribution in [0.2, 0.25) is 0 Å². The van der Waals surface area contributed by atoms with Gasteiger partial charge in [0.05, 0.1) is 0 Å². The molecule has 4 N–H and O–H groups in total. The molecule has 2 nitrogen and oxygen atoms in total. The van der Waals surface area contributed by atoms with E-state index < -0.39 is 0 Å². The maximum absolute atomic E-state index is 5.37. The summed E-state index contributed by atoms with van der Waals surface area (Å²) in [6, 6.07) is 27.9. The fourth-order valence-corrected chi connectivity index (χ4v) is 1.76. The highest BCUT2D eigenvalue weighted by Crippen LogP contribution is 2.17. The van der Waals surface area contributed by atoms with Gasteiger partial charge in [0.2, 0.25) is 0 Å². The van der Waals surface area contributed by atoms with Crippen LogP contribution in [-0.2, 0) is 0 Å². The molecule has 3 aromatic rings. The number of hydrogen-bond donors (Lipinski definition) is 2. The van der Waals surface area contributed by atoms with Crippen molar-refractivity contribution >= 4 is 11.4 Å². The van der Waals surface area contributed by atoms with Crippen molar-refractivity contribution < 1.29 is 0 Å². The van der Waals surface area contributed by atoms with Crippen LogP contribution in [0.25, 0.3) is 11.1 Å². The molecule has 100 valence electrons. The summed E-state index contributed by atoms with van der Waals surface area (Å²) in [5, 5.41) is 0. The summed E-state index contributed by atoms with van der Waals surface area (Å²) < 4.78 is 0. The molecule has 3 aromatic carbocycles. The number of nitrogens with two attached hydrogens (primary N) is 2. The zero-order valence-electron chi connectivity index (χ0n) is 11.2. The van der Waals surface area contributed by atoms with Crippen LogP contribution in [0.5, 0.6) is 0 Å². The maximum Gasteiger partial charge on any atom is 0.0315 e. The summed E-state index contributed by atoms with van der Waals surface area (Å²) in [5.74, 6) is 0. The smallest absolute Gasteiger partial charge is 0.0315 e. The first kappa shape index (κ1) is 13.7. The van der Waals surface area contributed by atoms with E-state index in [1.807, 2.05) is 12.1 Å². The molecule has 0 saturated heterocycles. The lowest BCUT2D eigenvalue weighted by atomic mass is 10.1. The molecule has 0 amide bonds. The van der Waals surface area contributed by atoms with Crippen molar-refractivity contribution in [3.05, 3.63) is 84.9 Å². The quantitative estimate of drug-likeness (QED) is 0.646. The van der Waals surface area contributed by atoms with Crippen molar-refractivity contribution in [2.75, 3.05) is 11.5 Å². The van der Waals surface area contributed by atoms with E-state index in [-0.39, 0.29) is 0 Å². The minimum Gasteiger partial charge on any atom is -0.399 e. The van der Waals surface area contributed by atoms with Crippen LogP contribution in [0.15, 0.2) is 84.9 Å². The molecule has 0 aliphatic carbocycles. The summed E-state index contributed by atoms with van der Waals surface area (Å²) >= 11 is 0. The first-order chi connectivity index (χ1) is 9.75. The Balaban J connectivity index is 0.000000160. The second kappa shape index (κ2) is 7.00. The molecule has 0 saturated carbocycles. The van der Waals surface area contributed by atoms with E-state index in [0.29, 0.717) is 0 Å². The fraction of sp³-hybridized carbons (Fsp3) is 0. The van der Waals surface area contributed by atoms with E-state index in [1.54, 1.807) is 24.3 Å². The predicted octanol–water partition coefficient (Wildman–Crippen LogP) is 4.20. The Morgan fingerprint density at radius 3 is 1.00 bits per heavy atom. The van der Waals surface area contributed by atoms with Gasteiger partial charge in [0.15, 0.2) is 0 Å². The van der Waals surface area contributed by atoms with Crippen LogP contribution in [0.1, 0.15) is 0 Å². The van der Waals surface area contributed by atoms with E-state index >= 15 is 0 Å². The predicted molar refractivity (Wildman–Crippen MR) is 87.1 cm³/mol. The maximum atomic E-state index is 5.37. The molecular weight excluding hydrogens is 244 g/mol. The van der Waals surface area contributed by atoms with Gasteiger partial charge in [0, 0.05) is 11.4 Å².